The summed E-state index contributed by atoms with van der Waals surface area (Å²) in [5, 5.41) is 0. The SMILES string of the molecule is CC(C)(C)I.CC(N)=O. The first-order valence-corrected chi connectivity index (χ1v) is 3.76. The van der Waals surface area contributed by atoms with Crippen molar-refractivity contribution in [3.63, 3.8) is 0 Å². The molecule has 0 saturated heterocycles. The number of amides is 1. The number of hydrogen-bond acceptors (Lipinski definition) is 1. The number of carbonyl (C=O) groups excluding carboxylic acids is 1. The fraction of sp³-hybridized carbons (Fsp3) is 0.833. The van der Waals surface area contributed by atoms with E-state index in [9.17, 15) is 4.79 Å². The van der Waals surface area contributed by atoms with Crippen LogP contribution >= 0.6 is 22.6 Å². The topological polar surface area (TPSA) is 43.1 Å². The highest BCUT2D eigenvalue weighted by atomic mass is 127. The first-order chi connectivity index (χ1) is 3.73. The quantitative estimate of drug-likeness (QED) is 0.510. The van der Waals surface area contributed by atoms with Gasteiger partial charge < -0.3 is 5.73 Å². The highest BCUT2D eigenvalue weighted by molar-refractivity contribution is 14.1. The van der Waals surface area contributed by atoms with E-state index in [4.69, 9.17) is 0 Å². The van der Waals surface area contributed by atoms with Crippen molar-refractivity contribution in [2.75, 3.05) is 0 Å². The molecule has 56 valence electrons. The third-order valence-electron chi connectivity index (χ3n) is 0. The lowest BCUT2D eigenvalue weighted by molar-refractivity contribution is -0.115. The molecule has 2 nitrogen and oxygen atoms in total. The highest BCUT2D eigenvalue weighted by Crippen LogP contribution is 2.12. The van der Waals surface area contributed by atoms with Crippen LogP contribution in [0.5, 0.6) is 0 Å². The summed E-state index contributed by atoms with van der Waals surface area (Å²) in [7, 11) is 0. The molecule has 0 atom stereocenters. The second-order valence-electron chi connectivity index (χ2n) is 2.68. The van der Waals surface area contributed by atoms with Crippen molar-refractivity contribution in [2.24, 2.45) is 5.73 Å². The summed E-state index contributed by atoms with van der Waals surface area (Å²) in [5.41, 5.74) is 4.47. The van der Waals surface area contributed by atoms with Gasteiger partial charge in [-0.1, -0.05) is 43.4 Å². The average molecular weight is 243 g/mol. The number of nitrogens with two attached hydrogens (primary N) is 1. The predicted molar refractivity (Wildman–Crippen MR) is 48.6 cm³/mol. The van der Waals surface area contributed by atoms with E-state index in [-0.39, 0.29) is 5.91 Å². The fourth-order valence-corrected chi connectivity index (χ4v) is 0. The predicted octanol–water partition coefficient (Wildman–Crippen LogP) is 1.71. The summed E-state index contributed by atoms with van der Waals surface area (Å²) in [6, 6.07) is 0. The van der Waals surface area contributed by atoms with Crippen molar-refractivity contribution in [3.8, 4) is 0 Å². The maximum absolute atomic E-state index is 9.22. The summed E-state index contributed by atoms with van der Waals surface area (Å²) in [6.45, 7) is 7.83. The van der Waals surface area contributed by atoms with Crippen LogP contribution in [0.25, 0.3) is 0 Å². The smallest absolute Gasteiger partial charge is 0.214 e. The largest absolute Gasteiger partial charge is 0.370 e. The second-order valence-corrected chi connectivity index (χ2v) is 5.91. The lowest BCUT2D eigenvalue weighted by Crippen LogP contribution is -2.01. The van der Waals surface area contributed by atoms with Gasteiger partial charge in [-0.05, 0) is 0 Å². The Morgan fingerprint density at radius 3 is 1.44 bits per heavy atom. The fourth-order valence-electron chi connectivity index (χ4n) is 0. The van der Waals surface area contributed by atoms with Crippen LogP contribution in [0.2, 0.25) is 0 Å². The van der Waals surface area contributed by atoms with Crippen molar-refractivity contribution in [1.82, 2.24) is 0 Å². The molecular weight excluding hydrogens is 229 g/mol. The highest BCUT2D eigenvalue weighted by Gasteiger charge is 1.98. The molecule has 0 spiro atoms. The van der Waals surface area contributed by atoms with Crippen LogP contribution in [0, 0.1) is 0 Å². The van der Waals surface area contributed by atoms with Gasteiger partial charge in [-0.25, -0.2) is 0 Å². The summed E-state index contributed by atoms with van der Waals surface area (Å²) in [5.74, 6) is -0.333. The van der Waals surface area contributed by atoms with Crippen LogP contribution in [0.15, 0.2) is 0 Å². The lowest BCUT2D eigenvalue weighted by atomic mass is 10.3. The molecule has 0 saturated carbocycles. The molecule has 0 aliphatic carbocycles. The summed E-state index contributed by atoms with van der Waals surface area (Å²) < 4.78 is 0.470. The van der Waals surface area contributed by atoms with Gasteiger partial charge >= 0.3 is 0 Å². The lowest BCUT2D eigenvalue weighted by Gasteiger charge is -2.02. The first-order valence-electron chi connectivity index (χ1n) is 2.68. The Morgan fingerprint density at radius 1 is 1.44 bits per heavy atom. The molecule has 0 heterocycles. The minimum atomic E-state index is -0.333. The number of rotatable bonds is 0. The van der Waals surface area contributed by atoms with Gasteiger partial charge in [0.2, 0.25) is 5.91 Å². The average Bonchev–Trinajstić information content (AvgIpc) is 1.19. The third-order valence-corrected chi connectivity index (χ3v) is 0. The van der Waals surface area contributed by atoms with Gasteiger partial charge in [0, 0.05) is 10.3 Å². The van der Waals surface area contributed by atoms with Gasteiger partial charge in [0.1, 0.15) is 0 Å². The van der Waals surface area contributed by atoms with Crippen molar-refractivity contribution in [1.29, 1.82) is 0 Å². The number of halogens is 1. The Morgan fingerprint density at radius 2 is 1.44 bits per heavy atom. The molecule has 2 N–H and O–H groups in total. The summed E-state index contributed by atoms with van der Waals surface area (Å²) >= 11 is 2.38. The normalized spacial score (nSPS) is 9.44. The van der Waals surface area contributed by atoms with Crippen molar-refractivity contribution in [3.05, 3.63) is 0 Å². The Labute approximate surface area is 70.3 Å². The zero-order chi connectivity index (χ0) is 8.08. The van der Waals surface area contributed by atoms with E-state index in [1.165, 1.54) is 6.92 Å². The molecule has 9 heavy (non-hydrogen) atoms. The van der Waals surface area contributed by atoms with E-state index in [1.807, 2.05) is 0 Å². The van der Waals surface area contributed by atoms with Gasteiger partial charge in [0.25, 0.3) is 0 Å². The van der Waals surface area contributed by atoms with Crippen LogP contribution in [-0.2, 0) is 4.79 Å². The Bertz CT molecular complexity index is 75.5. The molecule has 0 aliphatic rings. The Balaban J connectivity index is 0. The molecule has 0 bridgehead atoms. The van der Waals surface area contributed by atoms with Gasteiger partial charge in [-0.2, -0.15) is 0 Å². The molecule has 0 unspecified atom stereocenters. The van der Waals surface area contributed by atoms with Crippen LogP contribution in [0.4, 0.5) is 0 Å². The minimum Gasteiger partial charge on any atom is -0.370 e. The van der Waals surface area contributed by atoms with Crippen LogP contribution < -0.4 is 5.73 Å². The molecule has 0 aromatic carbocycles. The zero-order valence-corrected chi connectivity index (χ0v) is 8.52. The van der Waals surface area contributed by atoms with Gasteiger partial charge in [0.15, 0.2) is 0 Å². The second kappa shape index (κ2) is 5.02. The number of carbonyl (C=O) groups is 1. The van der Waals surface area contributed by atoms with E-state index in [0.29, 0.717) is 3.42 Å². The van der Waals surface area contributed by atoms with Gasteiger partial charge in [-0.15, -0.1) is 0 Å². The monoisotopic (exact) mass is 243 g/mol. The van der Waals surface area contributed by atoms with Crippen molar-refractivity contribution in [2.45, 2.75) is 31.1 Å². The van der Waals surface area contributed by atoms with Crippen molar-refractivity contribution < 1.29 is 4.79 Å². The van der Waals surface area contributed by atoms with E-state index >= 15 is 0 Å². The molecular formula is C6H14INO. The number of primary amides is 1. The van der Waals surface area contributed by atoms with E-state index in [0.717, 1.165) is 0 Å². The molecule has 0 rings (SSSR count). The van der Waals surface area contributed by atoms with Crippen LogP contribution in [0.1, 0.15) is 27.7 Å². The van der Waals surface area contributed by atoms with Crippen LogP contribution in [0.3, 0.4) is 0 Å². The molecule has 1 amide bonds. The molecule has 0 aromatic rings. The molecule has 0 aromatic heterocycles. The first kappa shape index (κ1) is 11.9. The van der Waals surface area contributed by atoms with E-state index < -0.39 is 0 Å². The standard InChI is InChI=1S/C4H9I.C2H5NO/c1-4(2,3)5;1-2(3)4/h1-3H3;1H3,(H2,3,4). The zero-order valence-electron chi connectivity index (χ0n) is 6.36. The Kier molecular flexibility index (Phi) is 6.66. The maximum atomic E-state index is 9.22. The summed E-state index contributed by atoms with van der Waals surface area (Å²) in [4.78, 5) is 9.22. The summed E-state index contributed by atoms with van der Waals surface area (Å²) in [6.07, 6.45) is 0. The maximum Gasteiger partial charge on any atom is 0.214 e. The van der Waals surface area contributed by atoms with Gasteiger partial charge in [-0.3, -0.25) is 4.79 Å². The third kappa shape index (κ3) is 7880. The molecule has 0 radical (unpaired) electrons. The Hall–Kier alpha value is 0.200. The molecule has 0 fully saturated rings. The van der Waals surface area contributed by atoms with Crippen LogP contribution in [-0.4, -0.2) is 9.33 Å². The van der Waals surface area contributed by atoms with Crippen molar-refractivity contribution >= 4 is 28.5 Å². The number of alkyl halides is 1. The van der Waals surface area contributed by atoms with E-state index in [2.05, 4.69) is 49.1 Å². The van der Waals surface area contributed by atoms with Gasteiger partial charge in [0.05, 0.1) is 0 Å². The minimum absolute atomic E-state index is 0.333. The molecule has 0 aliphatic heterocycles. The number of hydrogen-bond donors (Lipinski definition) is 1. The van der Waals surface area contributed by atoms with E-state index in [1.54, 1.807) is 0 Å². The molecule has 3 heteroatoms.